The highest BCUT2D eigenvalue weighted by atomic mass is 32.2. The predicted molar refractivity (Wildman–Crippen MR) is 72.6 cm³/mol. The third kappa shape index (κ3) is 2.54. The van der Waals surface area contributed by atoms with Crippen LogP contribution in [0.4, 0.5) is 0 Å². The van der Waals surface area contributed by atoms with Crippen molar-refractivity contribution in [2.24, 2.45) is 0 Å². The first-order chi connectivity index (χ1) is 6.98. The second-order valence-corrected chi connectivity index (χ2v) is 8.14. The molecule has 0 N–H and O–H groups in total. The van der Waals surface area contributed by atoms with Crippen molar-refractivity contribution in [2.45, 2.75) is 43.3 Å². The van der Waals surface area contributed by atoms with E-state index in [1.165, 1.54) is 11.1 Å². The molecule has 0 saturated heterocycles. The van der Waals surface area contributed by atoms with Crippen LogP contribution in [0, 0.1) is 13.8 Å². The van der Waals surface area contributed by atoms with Gasteiger partial charge in [0.2, 0.25) is 0 Å². The average Bonchev–Trinajstić information content (AvgIpc) is 2.29. The average molecular weight is 238 g/mol. The van der Waals surface area contributed by atoms with Gasteiger partial charge in [-0.05, 0) is 49.9 Å². The van der Waals surface area contributed by atoms with Crippen LogP contribution >= 0.6 is 23.5 Å². The Morgan fingerprint density at radius 2 is 1.33 bits per heavy atom. The van der Waals surface area contributed by atoms with E-state index in [2.05, 4.69) is 63.4 Å². The van der Waals surface area contributed by atoms with Crippen molar-refractivity contribution in [3.63, 3.8) is 0 Å². The van der Waals surface area contributed by atoms with E-state index in [1.54, 1.807) is 11.1 Å². The summed E-state index contributed by atoms with van der Waals surface area (Å²) in [6, 6.07) is 4.75. The summed E-state index contributed by atoms with van der Waals surface area (Å²) in [4.78, 5) is 0. The van der Waals surface area contributed by atoms with Gasteiger partial charge in [-0.25, -0.2) is 0 Å². The van der Waals surface area contributed by atoms with Crippen molar-refractivity contribution >= 4 is 23.5 Å². The molecule has 1 aliphatic heterocycles. The number of benzene rings is 1. The highest BCUT2D eigenvalue weighted by molar-refractivity contribution is 8.17. The minimum atomic E-state index is 0.362. The number of aryl methyl sites for hydroxylation is 2. The van der Waals surface area contributed by atoms with Crippen molar-refractivity contribution in [1.82, 2.24) is 0 Å². The fourth-order valence-electron chi connectivity index (χ4n) is 1.75. The third-order valence-corrected chi connectivity index (χ3v) is 5.97. The van der Waals surface area contributed by atoms with Crippen LogP contribution in [0.3, 0.4) is 0 Å². The van der Waals surface area contributed by atoms with Gasteiger partial charge in [-0.1, -0.05) is 12.1 Å². The first-order valence-electron chi connectivity index (χ1n) is 5.35. The van der Waals surface area contributed by atoms with Crippen LogP contribution in [0.15, 0.2) is 12.1 Å². The number of hydrogen-bond donors (Lipinski definition) is 0. The van der Waals surface area contributed by atoms with E-state index in [9.17, 15) is 0 Å². The van der Waals surface area contributed by atoms with Gasteiger partial charge in [0.1, 0.15) is 0 Å². The summed E-state index contributed by atoms with van der Waals surface area (Å²) in [5, 5.41) is 0. The molecule has 0 nitrogen and oxygen atoms in total. The smallest absolute Gasteiger partial charge is 0.0561 e. The molecule has 1 aromatic rings. The van der Waals surface area contributed by atoms with E-state index in [1.807, 2.05) is 0 Å². The maximum absolute atomic E-state index is 2.37. The fraction of sp³-hybridized carbons (Fsp3) is 0.538. The molecule has 2 rings (SSSR count). The number of thioether (sulfide) groups is 2. The molecule has 82 valence electrons. The molecule has 1 aromatic carbocycles. The monoisotopic (exact) mass is 238 g/mol. The van der Waals surface area contributed by atoms with Gasteiger partial charge in [0, 0.05) is 11.5 Å². The molecule has 0 aliphatic carbocycles. The molecule has 0 bridgehead atoms. The highest BCUT2D eigenvalue weighted by Crippen LogP contribution is 2.44. The highest BCUT2D eigenvalue weighted by Gasteiger charge is 2.23. The van der Waals surface area contributed by atoms with E-state index >= 15 is 0 Å². The lowest BCUT2D eigenvalue weighted by molar-refractivity contribution is 1.03. The zero-order chi connectivity index (χ0) is 11.1. The molecule has 0 spiro atoms. The molecular formula is C13H18S2. The lowest BCUT2D eigenvalue weighted by Gasteiger charge is -2.19. The lowest BCUT2D eigenvalue weighted by Crippen LogP contribution is -2.06. The first kappa shape index (κ1) is 11.4. The third-order valence-electron chi connectivity index (χ3n) is 2.97. The molecule has 2 heteroatoms. The summed E-state index contributed by atoms with van der Waals surface area (Å²) in [6.45, 7) is 9.08. The maximum atomic E-state index is 2.37. The van der Waals surface area contributed by atoms with Crippen LogP contribution in [-0.4, -0.2) is 4.08 Å². The molecule has 0 unspecified atom stereocenters. The summed E-state index contributed by atoms with van der Waals surface area (Å²) in [7, 11) is 0. The number of hydrogen-bond acceptors (Lipinski definition) is 2. The summed E-state index contributed by atoms with van der Waals surface area (Å²) in [6.07, 6.45) is 0. The minimum Gasteiger partial charge on any atom is -0.140 e. The molecule has 0 aromatic heterocycles. The Labute approximate surface area is 101 Å². The van der Waals surface area contributed by atoms with Crippen molar-refractivity contribution < 1.29 is 0 Å². The van der Waals surface area contributed by atoms with Gasteiger partial charge in [-0.2, -0.15) is 0 Å². The van der Waals surface area contributed by atoms with Gasteiger partial charge in [-0.3, -0.25) is 0 Å². The van der Waals surface area contributed by atoms with Crippen molar-refractivity contribution in [3.05, 3.63) is 34.4 Å². The Morgan fingerprint density at radius 1 is 0.933 bits per heavy atom. The topological polar surface area (TPSA) is 0 Å². The van der Waals surface area contributed by atoms with E-state index in [0.29, 0.717) is 4.08 Å². The molecule has 15 heavy (non-hydrogen) atoms. The Hall–Kier alpha value is -0.0800. The Kier molecular flexibility index (Phi) is 3.09. The predicted octanol–water partition coefficient (Wildman–Crippen LogP) is 4.52. The molecule has 0 saturated carbocycles. The van der Waals surface area contributed by atoms with Gasteiger partial charge in [-0.15, -0.1) is 23.5 Å². The summed E-state index contributed by atoms with van der Waals surface area (Å²) < 4.78 is 0.362. The molecule has 1 aliphatic rings. The summed E-state index contributed by atoms with van der Waals surface area (Å²) in [5.74, 6) is 2.33. The first-order valence-corrected chi connectivity index (χ1v) is 7.32. The van der Waals surface area contributed by atoms with Crippen LogP contribution < -0.4 is 0 Å². The Balaban J connectivity index is 2.36. The number of rotatable bonds is 0. The van der Waals surface area contributed by atoms with Gasteiger partial charge >= 0.3 is 0 Å². The van der Waals surface area contributed by atoms with Gasteiger partial charge in [0.25, 0.3) is 0 Å². The lowest BCUT2D eigenvalue weighted by atomic mass is 10.0. The SMILES string of the molecule is Cc1cc2c(cc1C)CSC(C)(C)SC2. The van der Waals surface area contributed by atoms with Crippen LogP contribution in [0.2, 0.25) is 0 Å². The minimum absolute atomic E-state index is 0.362. The Morgan fingerprint density at radius 3 is 1.73 bits per heavy atom. The molecular weight excluding hydrogens is 220 g/mol. The maximum Gasteiger partial charge on any atom is 0.0561 e. The van der Waals surface area contributed by atoms with E-state index in [0.717, 1.165) is 11.5 Å². The zero-order valence-corrected chi connectivity index (χ0v) is 11.5. The molecule has 0 radical (unpaired) electrons. The van der Waals surface area contributed by atoms with Crippen molar-refractivity contribution in [3.8, 4) is 0 Å². The van der Waals surface area contributed by atoms with Gasteiger partial charge in [0.15, 0.2) is 0 Å². The zero-order valence-electron chi connectivity index (χ0n) is 9.89. The Bertz CT molecular complexity index is 345. The van der Waals surface area contributed by atoms with Crippen molar-refractivity contribution in [1.29, 1.82) is 0 Å². The van der Waals surface area contributed by atoms with Crippen LogP contribution in [0.1, 0.15) is 36.1 Å². The summed E-state index contributed by atoms with van der Waals surface area (Å²) >= 11 is 4.12. The van der Waals surface area contributed by atoms with Crippen LogP contribution in [0.5, 0.6) is 0 Å². The van der Waals surface area contributed by atoms with Gasteiger partial charge in [0.05, 0.1) is 4.08 Å². The standard InChI is InChI=1S/C13H18S2/c1-9-5-11-7-14-13(3,4)15-8-12(11)6-10(9)2/h5-6H,7-8H2,1-4H3. The van der Waals surface area contributed by atoms with Crippen LogP contribution in [-0.2, 0) is 11.5 Å². The fourth-order valence-corrected chi connectivity index (χ4v) is 3.98. The molecule has 0 amide bonds. The van der Waals surface area contributed by atoms with E-state index in [-0.39, 0.29) is 0 Å². The van der Waals surface area contributed by atoms with Crippen LogP contribution in [0.25, 0.3) is 0 Å². The number of fused-ring (bicyclic) bond motifs is 1. The van der Waals surface area contributed by atoms with E-state index in [4.69, 9.17) is 0 Å². The molecule has 1 heterocycles. The second-order valence-electron chi connectivity index (χ2n) is 4.68. The normalized spacial score (nSPS) is 19.5. The van der Waals surface area contributed by atoms with Crippen molar-refractivity contribution in [2.75, 3.05) is 0 Å². The second kappa shape index (κ2) is 4.06. The molecule has 0 atom stereocenters. The van der Waals surface area contributed by atoms with E-state index < -0.39 is 0 Å². The van der Waals surface area contributed by atoms with Gasteiger partial charge < -0.3 is 0 Å². The summed E-state index contributed by atoms with van der Waals surface area (Å²) in [5.41, 5.74) is 5.94. The largest absolute Gasteiger partial charge is 0.140 e. The molecule has 0 fully saturated rings. The quantitative estimate of drug-likeness (QED) is 0.652.